The maximum atomic E-state index is 13.2. The standard InChI is InChI=1S/C23H24Cl2N4O3/c1-29(23(31)16-4-2-3-14(9-16)20-11-21(30)28-27-20)13-17-12-26-7-8-32-22(17)15-5-6-18(24)19(25)10-15/h2-6,9-10,17,22,26H,7-8,11-13H2,1H3,(H,28,30)/t17-,22-/m0/s1. The van der Waals surface area contributed by atoms with Crippen molar-refractivity contribution in [1.82, 2.24) is 15.6 Å². The maximum absolute atomic E-state index is 13.2. The molecule has 0 saturated carbocycles. The van der Waals surface area contributed by atoms with Crippen LogP contribution < -0.4 is 10.7 Å². The van der Waals surface area contributed by atoms with Crippen molar-refractivity contribution in [1.29, 1.82) is 0 Å². The summed E-state index contributed by atoms with van der Waals surface area (Å²) < 4.78 is 6.12. The zero-order valence-corrected chi connectivity index (χ0v) is 19.1. The predicted molar refractivity (Wildman–Crippen MR) is 124 cm³/mol. The molecule has 0 radical (unpaired) electrons. The number of carbonyl (C=O) groups excluding carboxylic acids is 2. The molecule has 0 spiro atoms. The smallest absolute Gasteiger partial charge is 0.253 e. The van der Waals surface area contributed by atoms with Gasteiger partial charge in [-0.05, 0) is 35.4 Å². The molecule has 0 bridgehead atoms. The fourth-order valence-corrected chi connectivity index (χ4v) is 4.33. The van der Waals surface area contributed by atoms with E-state index in [0.29, 0.717) is 41.0 Å². The van der Waals surface area contributed by atoms with E-state index in [1.165, 1.54) is 0 Å². The van der Waals surface area contributed by atoms with Crippen molar-refractivity contribution in [2.75, 3.05) is 33.3 Å². The third-order valence-corrected chi connectivity index (χ3v) is 6.36. The molecule has 32 heavy (non-hydrogen) atoms. The van der Waals surface area contributed by atoms with Crippen molar-refractivity contribution >= 4 is 40.7 Å². The molecule has 0 aromatic heterocycles. The summed E-state index contributed by atoms with van der Waals surface area (Å²) in [5.41, 5.74) is 5.31. The van der Waals surface area contributed by atoms with E-state index in [9.17, 15) is 9.59 Å². The van der Waals surface area contributed by atoms with Gasteiger partial charge in [0.05, 0.1) is 34.9 Å². The summed E-state index contributed by atoms with van der Waals surface area (Å²) in [4.78, 5) is 26.3. The van der Waals surface area contributed by atoms with Gasteiger partial charge in [0.25, 0.3) is 5.91 Å². The highest BCUT2D eigenvalue weighted by molar-refractivity contribution is 6.42. The molecule has 1 fully saturated rings. The third-order valence-electron chi connectivity index (χ3n) is 5.62. The summed E-state index contributed by atoms with van der Waals surface area (Å²) in [6.45, 7) is 2.49. The van der Waals surface area contributed by atoms with Gasteiger partial charge in [-0.1, -0.05) is 41.4 Å². The van der Waals surface area contributed by atoms with E-state index in [1.54, 1.807) is 36.2 Å². The van der Waals surface area contributed by atoms with Gasteiger partial charge < -0.3 is 15.0 Å². The number of benzene rings is 2. The molecule has 2 aromatic rings. The van der Waals surface area contributed by atoms with Crippen LogP contribution in [-0.4, -0.2) is 55.7 Å². The molecule has 9 heteroatoms. The summed E-state index contributed by atoms with van der Waals surface area (Å²) in [6, 6.07) is 12.7. The Hall–Kier alpha value is -2.45. The second kappa shape index (κ2) is 10.0. The molecule has 2 atom stereocenters. The predicted octanol–water partition coefficient (Wildman–Crippen LogP) is 3.27. The zero-order chi connectivity index (χ0) is 22.7. The average molecular weight is 475 g/mol. The Morgan fingerprint density at radius 1 is 1.22 bits per heavy atom. The van der Waals surface area contributed by atoms with Crippen molar-refractivity contribution < 1.29 is 14.3 Å². The van der Waals surface area contributed by atoms with E-state index in [-0.39, 0.29) is 30.3 Å². The number of hydrogen-bond acceptors (Lipinski definition) is 5. The molecule has 2 heterocycles. The van der Waals surface area contributed by atoms with Crippen LogP contribution in [0.1, 0.15) is 34.0 Å². The van der Waals surface area contributed by atoms with Crippen molar-refractivity contribution in [2.45, 2.75) is 12.5 Å². The van der Waals surface area contributed by atoms with Crippen LogP contribution >= 0.6 is 23.2 Å². The van der Waals surface area contributed by atoms with Gasteiger partial charge in [0, 0.05) is 38.2 Å². The second-order valence-electron chi connectivity index (χ2n) is 7.97. The van der Waals surface area contributed by atoms with Crippen molar-refractivity contribution in [2.24, 2.45) is 11.0 Å². The Kier molecular flexibility index (Phi) is 7.10. The molecule has 2 N–H and O–H groups in total. The molecule has 2 amide bonds. The van der Waals surface area contributed by atoms with Gasteiger partial charge in [0.2, 0.25) is 5.91 Å². The highest BCUT2D eigenvalue weighted by atomic mass is 35.5. The fraction of sp³-hybridized carbons (Fsp3) is 0.348. The van der Waals surface area contributed by atoms with Crippen LogP contribution in [0.4, 0.5) is 0 Å². The molecule has 2 aromatic carbocycles. The first-order valence-corrected chi connectivity index (χ1v) is 11.2. The van der Waals surface area contributed by atoms with Crippen LogP contribution in [0.3, 0.4) is 0 Å². The monoisotopic (exact) mass is 474 g/mol. The average Bonchev–Trinajstić information content (AvgIpc) is 3.10. The zero-order valence-electron chi connectivity index (χ0n) is 17.6. The van der Waals surface area contributed by atoms with Crippen LogP contribution in [0.2, 0.25) is 10.0 Å². The van der Waals surface area contributed by atoms with E-state index in [2.05, 4.69) is 15.8 Å². The first kappa shape index (κ1) is 22.7. The number of nitrogens with zero attached hydrogens (tertiary/aromatic N) is 2. The number of hydrazone groups is 1. The summed E-state index contributed by atoms with van der Waals surface area (Å²) >= 11 is 12.3. The first-order valence-electron chi connectivity index (χ1n) is 10.4. The third kappa shape index (κ3) is 5.13. The molecule has 0 unspecified atom stereocenters. The summed E-state index contributed by atoms with van der Waals surface area (Å²) in [6.07, 6.45) is -0.00421. The molecule has 168 valence electrons. The van der Waals surface area contributed by atoms with Crippen molar-refractivity contribution in [3.8, 4) is 0 Å². The number of hydrogen-bond donors (Lipinski definition) is 2. The molecule has 1 saturated heterocycles. The van der Waals surface area contributed by atoms with Crippen LogP contribution in [0.5, 0.6) is 0 Å². The number of rotatable bonds is 5. The molecule has 0 aliphatic carbocycles. The lowest BCUT2D eigenvalue weighted by atomic mass is 9.94. The number of halogens is 2. The summed E-state index contributed by atoms with van der Waals surface area (Å²) in [7, 11) is 1.78. The minimum absolute atomic E-state index is 0.0212. The highest BCUT2D eigenvalue weighted by Gasteiger charge is 2.29. The maximum Gasteiger partial charge on any atom is 0.253 e. The van der Waals surface area contributed by atoms with Crippen molar-refractivity contribution in [3.05, 3.63) is 69.2 Å². The number of carbonyl (C=O) groups is 2. The first-order chi connectivity index (χ1) is 15.4. The van der Waals surface area contributed by atoms with Gasteiger partial charge >= 0.3 is 0 Å². The molecule has 4 rings (SSSR count). The normalized spacial score (nSPS) is 21.0. The quantitative estimate of drug-likeness (QED) is 0.696. The molecular formula is C23H24Cl2N4O3. The minimum atomic E-state index is -0.216. The SMILES string of the molecule is CN(C[C@@H]1CNCCO[C@H]1c1ccc(Cl)c(Cl)c1)C(=O)c1cccc(C2=NNC(=O)C2)c1. The lowest BCUT2D eigenvalue weighted by molar-refractivity contribution is -0.119. The Morgan fingerprint density at radius 2 is 2.06 bits per heavy atom. The highest BCUT2D eigenvalue weighted by Crippen LogP contribution is 2.32. The number of ether oxygens (including phenoxy) is 1. The van der Waals surface area contributed by atoms with Gasteiger partial charge in [-0.15, -0.1) is 0 Å². The molecule has 2 aliphatic heterocycles. The molecular weight excluding hydrogens is 451 g/mol. The molecule has 2 aliphatic rings. The summed E-state index contributed by atoms with van der Waals surface area (Å²) in [5, 5.41) is 8.40. The van der Waals surface area contributed by atoms with Crippen LogP contribution in [0.15, 0.2) is 47.6 Å². The number of nitrogens with one attached hydrogen (secondary N) is 2. The van der Waals surface area contributed by atoms with Gasteiger partial charge in [-0.3, -0.25) is 9.59 Å². The van der Waals surface area contributed by atoms with Gasteiger partial charge in [-0.25, -0.2) is 5.43 Å². The van der Waals surface area contributed by atoms with Crippen LogP contribution in [0.25, 0.3) is 0 Å². The largest absolute Gasteiger partial charge is 0.372 e. The molecule has 7 nitrogen and oxygen atoms in total. The van der Waals surface area contributed by atoms with Gasteiger partial charge in [0.1, 0.15) is 0 Å². The minimum Gasteiger partial charge on any atom is -0.372 e. The fourth-order valence-electron chi connectivity index (χ4n) is 4.02. The van der Waals surface area contributed by atoms with E-state index in [4.69, 9.17) is 27.9 Å². The lowest BCUT2D eigenvalue weighted by Gasteiger charge is -2.29. The summed E-state index contributed by atoms with van der Waals surface area (Å²) in [5.74, 6) is -0.238. The Bertz CT molecular complexity index is 1060. The Morgan fingerprint density at radius 3 is 2.81 bits per heavy atom. The van der Waals surface area contributed by atoms with Gasteiger partial charge in [0.15, 0.2) is 0 Å². The van der Waals surface area contributed by atoms with E-state index >= 15 is 0 Å². The van der Waals surface area contributed by atoms with Gasteiger partial charge in [-0.2, -0.15) is 5.10 Å². The Balaban J connectivity index is 1.51. The lowest BCUT2D eigenvalue weighted by Crippen LogP contribution is -2.38. The van der Waals surface area contributed by atoms with E-state index in [0.717, 1.165) is 17.7 Å². The van der Waals surface area contributed by atoms with Crippen molar-refractivity contribution in [3.63, 3.8) is 0 Å². The topological polar surface area (TPSA) is 83.0 Å². The Labute approximate surface area is 196 Å². The van der Waals surface area contributed by atoms with Crippen LogP contribution in [0, 0.1) is 5.92 Å². The van der Waals surface area contributed by atoms with E-state index in [1.807, 2.05) is 18.2 Å². The number of amides is 2. The van der Waals surface area contributed by atoms with E-state index < -0.39 is 0 Å². The second-order valence-corrected chi connectivity index (χ2v) is 8.78. The van der Waals surface area contributed by atoms with Crippen LogP contribution in [-0.2, 0) is 9.53 Å².